The zero-order valence-corrected chi connectivity index (χ0v) is 11.2. The molecule has 2 rings (SSSR count). The number of aromatic carboxylic acids is 1. The maximum absolute atomic E-state index is 10.9. The molecule has 1 N–H and O–H groups in total. The summed E-state index contributed by atoms with van der Waals surface area (Å²) >= 11 is 0. The SMILES string of the molecule is CCC(C)(C)c1nc(-c2cccc(C(=O)O)c2)no1. The Kier molecular flexibility index (Phi) is 3.38. The maximum Gasteiger partial charge on any atom is 0.335 e. The van der Waals surface area contributed by atoms with Crippen LogP contribution in [0.25, 0.3) is 11.4 Å². The van der Waals surface area contributed by atoms with Crippen LogP contribution in [0.5, 0.6) is 0 Å². The lowest BCUT2D eigenvalue weighted by molar-refractivity contribution is 0.0697. The molecule has 100 valence electrons. The van der Waals surface area contributed by atoms with Gasteiger partial charge in [-0.05, 0) is 18.6 Å². The Morgan fingerprint density at radius 1 is 1.42 bits per heavy atom. The molecular formula is C14H16N2O3. The number of carboxylic acids is 1. The number of hydrogen-bond donors (Lipinski definition) is 1. The van der Waals surface area contributed by atoms with Gasteiger partial charge >= 0.3 is 5.97 Å². The van der Waals surface area contributed by atoms with Crippen molar-refractivity contribution in [2.45, 2.75) is 32.6 Å². The summed E-state index contributed by atoms with van der Waals surface area (Å²) in [6.07, 6.45) is 0.879. The number of hydrogen-bond acceptors (Lipinski definition) is 4. The van der Waals surface area contributed by atoms with Crippen molar-refractivity contribution in [3.05, 3.63) is 35.7 Å². The highest BCUT2D eigenvalue weighted by Crippen LogP contribution is 2.27. The van der Waals surface area contributed by atoms with Crippen LogP contribution in [0.1, 0.15) is 43.4 Å². The third-order valence-corrected chi connectivity index (χ3v) is 3.26. The van der Waals surface area contributed by atoms with Gasteiger partial charge in [0.15, 0.2) is 0 Å². The van der Waals surface area contributed by atoms with Crippen LogP contribution >= 0.6 is 0 Å². The van der Waals surface area contributed by atoms with Gasteiger partial charge in [-0.1, -0.05) is 38.1 Å². The van der Waals surface area contributed by atoms with Crippen LogP contribution in [0.4, 0.5) is 0 Å². The Balaban J connectivity index is 2.38. The third-order valence-electron chi connectivity index (χ3n) is 3.26. The van der Waals surface area contributed by atoms with Crippen molar-refractivity contribution in [3.8, 4) is 11.4 Å². The number of carbonyl (C=O) groups is 1. The molecule has 1 aromatic heterocycles. The van der Waals surface area contributed by atoms with E-state index < -0.39 is 5.97 Å². The average Bonchev–Trinajstić information content (AvgIpc) is 2.89. The first-order valence-electron chi connectivity index (χ1n) is 6.12. The molecule has 1 aromatic carbocycles. The first kappa shape index (κ1) is 13.3. The normalized spacial score (nSPS) is 11.5. The van der Waals surface area contributed by atoms with Crippen molar-refractivity contribution < 1.29 is 14.4 Å². The molecule has 0 aliphatic carbocycles. The second kappa shape index (κ2) is 4.84. The fourth-order valence-electron chi connectivity index (χ4n) is 1.56. The van der Waals surface area contributed by atoms with Crippen LogP contribution in [0.15, 0.2) is 28.8 Å². The monoisotopic (exact) mass is 260 g/mol. The third kappa shape index (κ3) is 2.65. The van der Waals surface area contributed by atoms with Crippen molar-refractivity contribution in [1.82, 2.24) is 10.1 Å². The van der Waals surface area contributed by atoms with Gasteiger partial charge < -0.3 is 9.63 Å². The van der Waals surface area contributed by atoms with Gasteiger partial charge in [0.2, 0.25) is 11.7 Å². The van der Waals surface area contributed by atoms with E-state index in [0.717, 1.165) is 6.42 Å². The van der Waals surface area contributed by atoms with Crippen molar-refractivity contribution in [3.63, 3.8) is 0 Å². The first-order valence-corrected chi connectivity index (χ1v) is 6.12. The van der Waals surface area contributed by atoms with E-state index in [1.54, 1.807) is 12.1 Å². The van der Waals surface area contributed by atoms with Gasteiger partial charge in [-0.25, -0.2) is 4.79 Å². The standard InChI is InChI=1S/C14H16N2O3/c1-4-14(2,3)13-15-11(16-19-13)9-6-5-7-10(8-9)12(17)18/h5-8H,4H2,1-3H3,(H,17,18). The minimum Gasteiger partial charge on any atom is -0.478 e. The highest BCUT2D eigenvalue weighted by molar-refractivity contribution is 5.89. The summed E-state index contributed by atoms with van der Waals surface area (Å²) in [4.78, 5) is 15.3. The molecule has 0 spiro atoms. The number of aromatic nitrogens is 2. The van der Waals surface area contributed by atoms with E-state index in [9.17, 15) is 4.79 Å². The summed E-state index contributed by atoms with van der Waals surface area (Å²) in [5, 5.41) is 12.9. The Morgan fingerprint density at radius 3 is 2.79 bits per heavy atom. The summed E-state index contributed by atoms with van der Waals surface area (Å²) in [6.45, 7) is 6.10. The summed E-state index contributed by atoms with van der Waals surface area (Å²) in [7, 11) is 0. The van der Waals surface area contributed by atoms with E-state index in [0.29, 0.717) is 17.3 Å². The van der Waals surface area contributed by atoms with Crippen molar-refractivity contribution in [2.75, 3.05) is 0 Å². The fourth-order valence-corrected chi connectivity index (χ4v) is 1.56. The molecule has 0 fully saturated rings. The summed E-state index contributed by atoms with van der Waals surface area (Å²) in [6, 6.07) is 6.50. The molecule has 0 saturated heterocycles. The minimum atomic E-state index is -0.973. The molecule has 5 nitrogen and oxygen atoms in total. The first-order chi connectivity index (χ1) is 8.94. The van der Waals surface area contributed by atoms with Crippen molar-refractivity contribution in [2.24, 2.45) is 0 Å². The zero-order valence-electron chi connectivity index (χ0n) is 11.2. The predicted molar refractivity (Wildman–Crippen MR) is 70.0 cm³/mol. The molecule has 0 amide bonds. The largest absolute Gasteiger partial charge is 0.478 e. The predicted octanol–water partition coefficient (Wildman–Crippen LogP) is 3.12. The number of carboxylic acid groups (broad SMARTS) is 1. The molecule has 0 unspecified atom stereocenters. The maximum atomic E-state index is 10.9. The molecule has 0 aliphatic heterocycles. The highest BCUT2D eigenvalue weighted by atomic mass is 16.5. The van der Waals surface area contributed by atoms with Gasteiger partial charge in [0.25, 0.3) is 0 Å². The molecule has 0 bridgehead atoms. The molecule has 0 saturated carbocycles. The minimum absolute atomic E-state index is 0.185. The van der Waals surface area contributed by atoms with Gasteiger partial charge in [-0.3, -0.25) is 0 Å². The van der Waals surface area contributed by atoms with Crippen LogP contribution < -0.4 is 0 Å². The lowest BCUT2D eigenvalue weighted by Crippen LogP contribution is -2.15. The quantitative estimate of drug-likeness (QED) is 0.913. The molecule has 1 heterocycles. The Bertz CT molecular complexity index is 602. The smallest absolute Gasteiger partial charge is 0.335 e. The van der Waals surface area contributed by atoms with E-state index in [2.05, 4.69) is 17.1 Å². The van der Waals surface area contributed by atoms with Crippen LogP contribution in [0, 0.1) is 0 Å². The lowest BCUT2D eigenvalue weighted by Gasteiger charge is -2.15. The fraction of sp³-hybridized carbons (Fsp3) is 0.357. The second-order valence-electron chi connectivity index (χ2n) is 5.05. The van der Waals surface area contributed by atoms with E-state index in [1.807, 2.05) is 13.8 Å². The van der Waals surface area contributed by atoms with Gasteiger partial charge in [-0.15, -0.1) is 0 Å². The summed E-state index contributed by atoms with van der Waals surface area (Å²) < 4.78 is 5.27. The van der Waals surface area contributed by atoms with Crippen molar-refractivity contribution >= 4 is 5.97 Å². The average molecular weight is 260 g/mol. The van der Waals surface area contributed by atoms with E-state index in [1.165, 1.54) is 12.1 Å². The molecule has 0 radical (unpaired) electrons. The van der Waals surface area contributed by atoms with Gasteiger partial charge in [0.1, 0.15) is 0 Å². The molecule has 0 aliphatic rings. The number of rotatable bonds is 4. The van der Waals surface area contributed by atoms with E-state index in [4.69, 9.17) is 9.63 Å². The summed E-state index contributed by atoms with van der Waals surface area (Å²) in [5.41, 5.74) is 0.663. The number of nitrogens with zero attached hydrogens (tertiary/aromatic N) is 2. The topological polar surface area (TPSA) is 76.2 Å². The van der Waals surface area contributed by atoms with E-state index >= 15 is 0 Å². The van der Waals surface area contributed by atoms with Gasteiger partial charge in [0.05, 0.1) is 5.56 Å². The van der Waals surface area contributed by atoms with Crippen LogP contribution in [-0.2, 0) is 5.41 Å². The van der Waals surface area contributed by atoms with Crippen LogP contribution in [0.3, 0.4) is 0 Å². The molecular weight excluding hydrogens is 244 g/mol. The molecule has 2 aromatic rings. The summed E-state index contributed by atoms with van der Waals surface area (Å²) in [5.74, 6) is 0.00445. The van der Waals surface area contributed by atoms with E-state index in [-0.39, 0.29) is 11.0 Å². The highest BCUT2D eigenvalue weighted by Gasteiger charge is 2.25. The zero-order chi connectivity index (χ0) is 14.0. The Labute approximate surface area is 111 Å². The van der Waals surface area contributed by atoms with Crippen molar-refractivity contribution in [1.29, 1.82) is 0 Å². The van der Waals surface area contributed by atoms with Gasteiger partial charge in [0, 0.05) is 11.0 Å². The molecule has 5 heteroatoms. The van der Waals surface area contributed by atoms with Crippen LogP contribution in [0.2, 0.25) is 0 Å². The Hall–Kier alpha value is -2.17. The van der Waals surface area contributed by atoms with Crippen LogP contribution in [-0.4, -0.2) is 21.2 Å². The Morgan fingerprint density at radius 2 is 2.16 bits per heavy atom. The molecule has 0 atom stereocenters. The van der Waals surface area contributed by atoms with Gasteiger partial charge in [-0.2, -0.15) is 4.98 Å². The second-order valence-corrected chi connectivity index (χ2v) is 5.05. The number of benzene rings is 1. The lowest BCUT2D eigenvalue weighted by atomic mass is 9.90. The molecule has 19 heavy (non-hydrogen) atoms.